The van der Waals surface area contributed by atoms with E-state index >= 15 is 0 Å². The van der Waals surface area contributed by atoms with Crippen molar-refractivity contribution in [2.45, 2.75) is 32.1 Å². The van der Waals surface area contributed by atoms with Gasteiger partial charge in [-0.2, -0.15) is 0 Å². The molecule has 1 amide bonds. The van der Waals surface area contributed by atoms with Crippen LogP contribution in [0.2, 0.25) is 0 Å². The molecule has 22 heavy (non-hydrogen) atoms. The minimum absolute atomic E-state index is 0.0823. The quantitative estimate of drug-likeness (QED) is 0.914. The highest BCUT2D eigenvalue weighted by Gasteiger charge is 2.49. The molecular weight excluding hydrogens is 280 g/mol. The molecule has 2 saturated heterocycles. The Bertz CT molecular complexity index is 562. The number of anilines is 1. The van der Waals surface area contributed by atoms with Gasteiger partial charge in [-0.1, -0.05) is 0 Å². The lowest BCUT2D eigenvalue weighted by Crippen LogP contribution is -2.45. The average Bonchev–Trinajstić information content (AvgIpc) is 3.31. The molecule has 0 aromatic carbocycles. The molecule has 0 atom stereocenters. The summed E-state index contributed by atoms with van der Waals surface area (Å²) >= 11 is 0. The van der Waals surface area contributed by atoms with Gasteiger partial charge in [-0.25, -0.2) is 9.97 Å². The van der Waals surface area contributed by atoms with Crippen LogP contribution < -0.4 is 4.90 Å². The molecule has 4 rings (SSSR count). The molecule has 0 unspecified atom stereocenters. The van der Waals surface area contributed by atoms with Crippen molar-refractivity contribution < 1.29 is 9.90 Å². The van der Waals surface area contributed by atoms with Crippen LogP contribution in [0.4, 0.5) is 5.95 Å². The van der Waals surface area contributed by atoms with Gasteiger partial charge in [0.05, 0.1) is 17.8 Å². The predicted octanol–water partition coefficient (Wildman–Crippen LogP) is 1.41. The van der Waals surface area contributed by atoms with Gasteiger partial charge in [0.15, 0.2) is 5.75 Å². The molecule has 0 bridgehead atoms. The average molecular weight is 302 g/mol. The number of likely N-dealkylation sites (tertiary alicyclic amines) is 1. The van der Waals surface area contributed by atoms with Gasteiger partial charge in [0, 0.05) is 26.2 Å². The van der Waals surface area contributed by atoms with Gasteiger partial charge in [-0.15, -0.1) is 0 Å². The van der Waals surface area contributed by atoms with E-state index in [-0.39, 0.29) is 11.2 Å². The van der Waals surface area contributed by atoms with Crippen molar-refractivity contribution in [1.29, 1.82) is 0 Å². The fraction of sp³-hybridized carbons (Fsp3) is 0.688. The minimum Gasteiger partial charge on any atom is -0.505 e. The molecule has 1 aromatic rings. The summed E-state index contributed by atoms with van der Waals surface area (Å²) in [6, 6.07) is 0. The van der Waals surface area contributed by atoms with Gasteiger partial charge in [-0.05, 0) is 38.0 Å². The Labute approximate surface area is 130 Å². The third kappa shape index (κ3) is 2.40. The third-order valence-electron chi connectivity index (χ3n) is 5.40. The first-order valence-electron chi connectivity index (χ1n) is 8.22. The number of aromatic nitrogens is 2. The highest BCUT2D eigenvalue weighted by atomic mass is 16.3. The summed E-state index contributed by atoms with van der Waals surface area (Å²) in [5.41, 5.74) is -0.137. The normalized spacial score (nSPS) is 24.3. The van der Waals surface area contributed by atoms with Gasteiger partial charge in [-0.3, -0.25) is 4.79 Å². The second-order valence-corrected chi connectivity index (χ2v) is 6.95. The molecule has 118 valence electrons. The van der Waals surface area contributed by atoms with Crippen LogP contribution in [0, 0.1) is 11.3 Å². The van der Waals surface area contributed by atoms with Crippen molar-refractivity contribution >= 4 is 11.9 Å². The van der Waals surface area contributed by atoms with E-state index in [0.717, 1.165) is 51.4 Å². The second kappa shape index (κ2) is 5.11. The first-order valence-corrected chi connectivity index (χ1v) is 8.22. The van der Waals surface area contributed by atoms with Crippen LogP contribution in [0.15, 0.2) is 12.4 Å². The zero-order valence-electron chi connectivity index (χ0n) is 12.7. The molecule has 1 N–H and O–H groups in total. The molecule has 3 aliphatic rings. The fourth-order valence-electron chi connectivity index (χ4n) is 3.76. The Kier molecular flexibility index (Phi) is 3.20. The summed E-state index contributed by atoms with van der Waals surface area (Å²) in [7, 11) is 0. The number of amides is 1. The summed E-state index contributed by atoms with van der Waals surface area (Å²) < 4.78 is 0. The maximum atomic E-state index is 12.8. The van der Waals surface area contributed by atoms with Gasteiger partial charge in [0.25, 0.3) is 0 Å². The Morgan fingerprint density at radius 3 is 2.41 bits per heavy atom. The minimum atomic E-state index is -0.137. The molecule has 1 saturated carbocycles. The Morgan fingerprint density at radius 2 is 1.77 bits per heavy atom. The summed E-state index contributed by atoms with van der Waals surface area (Å²) in [5.74, 6) is 1.88. The molecule has 3 fully saturated rings. The van der Waals surface area contributed by atoms with Crippen LogP contribution in [0.3, 0.4) is 0 Å². The lowest BCUT2D eigenvalue weighted by molar-refractivity contribution is -0.137. The van der Waals surface area contributed by atoms with Crippen LogP contribution in [0.1, 0.15) is 32.1 Å². The lowest BCUT2D eigenvalue weighted by Gasteiger charge is -2.37. The number of nitrogens with zero attached hydrogens (tertiary/aromatic N) is 4. The molecule has 3 heterocycles. The van der Waals surface area contributed by atoms with Gasteiger partial charge in [0.1, 0.15) is 0 Å². The summed E-state index contributed by atoms with van der Waals surface area (Å²) in [6.07, 6.45) is 8.21. The number of carbonyl (C=O) groups excluding carboxylic acids is 1. The van der Waals surface area contributed by atoms with Crippen LogP contribution in [0.5, 0.6) is 5.75 Å². The fourth-order valence-corrected chi connectivity index (χ4v) is 3.76. The van der Waals surface area contributed by atoms with Gasteiger partial charge >= 0.3 is 0 Å². The number of hydrogen-bond acceptors (Lipinski definition) is 5. The monoisotopic (exact) mass is 302 g/mol. The molecule has 6 nitrogen and oxygen atoms in total. The largest absolute Gasteiger partial charge is 0.505 e. The van der Waals surface area contributed by atoms with Crippen LogP contribution in [-0.4, -0.2) is 52.1 Å². The molecule has 1 spiro atoms. The van der Waals surface area contributed by atoms with Crippen molar-refractivity contribution in [3.8, 4) is 5.75 Å². The number of aromatic hydroxyl groups is 1. The Balaban J connectivity index is 1.40. The highest BCUT2D eigenvalue weighted by Crippen LogP contribution is 2.43. The molecule has 1 aliphatic carbocycles. The van der Waals surface area contributed by atoms with Crippen LogP contribution in [-0.2, 0) is 4.79 Å². The van der Waals surface area contributed by atoms with E-state index < -0.39 is 0 Å². The van der Waals surface area contributed by atoms with E-state index in [4.69, 9.17) is 0 Å². The van der Waals surface area contributed by atoms with Crippen LogP contribution in [0.25, 0.3) is 0 Å². The maximum absolute atomic E-state index is 12.8. The Hall–Kier alpha value is -1.85. The summed E-state index contributed by atoms with van der Waals surface area (Å²) in [6.45, 7) is 3.54. The third-order valence-corrected chi connectivity index (χ3v) is 5.40. The topological polar surface area (TPSA) is 69.6 Å². The molecule has 0 radical (unpaired) electrons. The molecular formula is C16H22N4O2. The smallest absolute Gasteiger partial charge is 0.229 e. The van der Waals surface area contributed by atoms with Crippen molar-refractivity contribution in [2.75, 3.05) is 31.1 Å². The van der Waals surface area contributed by atoms with E-state index in [1.807, 2.05) is 0 Å². The molecule has 6 heteroatoms. The first kappa shape index (κ1) is 13.8. The zero-order valence-corrected chi connectivity index (χ0v) is 12.7. The standard InChI is InChI=1S/C16H22N4O2/c21-13-9-17-15(18-10-13)19-6-3-16(4-7-19)5-8-20(14(16)22)11-12-1-2-12/h9-10,12,21H,1-8,11H2. The number of hydrogen-bond donors (Lipinski definition) is 1. The van der Waals surface area contributed by atoms with Crippen molar-refractivity contribution in [1.82, 2.24) is 14.9 Å². The summed E-state index contributed by atoms with van der Waals surface area (Å²) in [4.78, 5) is 25.3. The van der Waals surface area contributed by atoms with E-state index in [0.29, 0.717) is 11.9 Å². The Morgan fingerprint density at radius 1 is 1.14 bits per heavy atom. The van der Waals surface area contributed by atoms with Crippen molar-refractivity contribution in [3.63, 3.8) is 0 Å². The zero-order chi connectivity index (χ0) is 15.2. The maximum Gasteiger partial charge on any atom is 0.229 e. The highest BCUT2D eigenvalue weighted by molar-refractivity contribution is 5.85. The molecule has 1 aromatic heterocycles. The lowest BCUT2D eigenvalue weighted by atomic mass is 9.77. The van der Waals surface area contributed by atoms with Crippen LogP contribution >= 0.6 is 0 Å². The second-order valence-electron chi connectivity index (χ2n) is 6.95. The van der Waals surface area contributed by atoms with E-state index in [9.17, 15) is 9.90 Å². The van der Waals surface area contributed by atoms with Gasteiger partial charge in [0.2, 0.25) is 11.9 Å². The van der Waals surface area contributed by atoms with Crippen molar-refractivity contribution in [3.05, 3.63) is 12.4 Å². The number of piperidine rings is 1. The van der Waals surface area contributed by atoms with E-state index in [2.05, 4.69) is 19.8 Å². The first-order chi connectivity index (χ1) is 10.7. The number of carbonyl (C=O) groups is 1. The van der Waals surface area contributed by atoms with Gasteiger partial charge < -0.3 is 14.9 Å². The predicted molar refractivity (Wildman–Crippen MR) is 81.5 cm³/mol. The number of rotatable bonds is 3. The summed E-state index contributed by atoms with van der Waals surface area (Å²) in [5, 5.41) is 9.27. The van der Waals surface area contributed by atoms with Crippen molar-refractivity contribution in [2.24, 2.45) is 11.3 Å². The van der Waals surface area contributed by atoms with E-state index in [1.54, 1.807) is 0 Å². The van der Waals surface area contributed by atoms with E-state index in [1.165, 1.54) is 25.2 Å². The molecule has 2 aliphatic heterocycles. The SMILES string of the molecule is O=C1N(CC2CC2)CCC12CCN(c1ncc(O)cn1)CC2.